The van der Waals surface area contributed by atoms with E-state index >= 15 is 0 Å². The molecule has 0 amide bonds. The van der Waals surface area contributed by atoms with Crippen LogP contribution in [0.25, 0.3) is 0 Å². The van der Waals surface area contributed by atoms with E-state index < -0.39 is 24.4 Å². The largest absolute Gasteiger partial charge is 0.392 e. The summed E-state index contributed by atoms with van der Waals surface area (Å²) in [5.74, 6) is 0. The van der Waals surface area contributed by atoms with Crippen molar-refractivity contribution in [1.29, 1.82) is 0 Å². The predicted molar refractivity (Wildman–Crippen MR) is 64.2 cm³/mol. The molecule has 4 atom stereocenters. The highest BCUT2D eigenvalue weighted by Gasteiger charge is 2.13. The molecule has 0 aliphatic heterocycles. The lowest BCUT2D eigenvalue weighted by Crippen LogP contribution is -2.37. The van der Waals surface area contributed by atoms with Gasteiger partial charge in [-0.1, -0.05) is 0 Å². The van der Waals surface area contributed by atoms with E-state index in [9.17, 15) is 20.4 Å². The first-order valence-corrected chi connectivity index (χ1v) is 5.82. The van der Waals surface area contributed by atoms with Gasteiger partial charge in [0.2, 0.25) is 0 Å². The minimum atomic E-state index is -0.712. The molecule has 17 heavy (non-hydrogen) atoms. The molecule has 104 valence electrons. The normalized spacial score (nSPS) is 18.7. The van der Waals surface area contributed by atoms with Gasteiger partial charge in [0.25, 0.3) is 0 Å². The Hall–Kier alpha value is -0.280. The van der Waals surface area contributed by atoms with Crippen molar-refractivity contribution in [2.24, 2.45) is 11.5 Å². The number of hydrogen-bond donors (Lipinski definition) is 7. The Labute approximate surface area is 101 Å². The summed E-state index contributed by atoms with van der Waals surface area (Å²) < 4.78 is 0. The highest BCUT2D eigenvalue weighted by molar-refractivity contribution is 4.70. The van der Waals surface area contributed by atoms with Crippen molar-refractivity contribution in [3.8, 4) is 0 Å². The molecule has 0 spiro atoms. The van der Waals surface area contributed by atoms with Crippen molar-refractivity contribution < 1.29 is 20.4 Å². The van der Waals surface area contributed by atoms with Gasteiger partial charge in [-0.3, -0.25) is 0 Å². The van der Waals surface area contributed by atoms with Crippen LogP contribution in [-0.2, 0) is 0 Å². The molecule has 7 heteroatoms. The van der Waals surface area contributed by atoms with Crippen LogP contribution < -0.4 is 16.8 Å². The molecule has 0 unspecified atom stereocenters. The molecule has 0 saturated carbocycles. The summed E-state index contributed by atoms with van der Waals surface area (Å²) in [6.45, 7) is 0.741. The number of hydrogen-bond acceptors (Lipinski definition) is 7. The summed E-state index contributed by atoms with van der Waals surface area (Å²) in [4.78, 5) is 0. The van der Waals surface area contributed by atoms with Crippen molar-refractivity contribution in [3.05, 3.63) is 0 Å². The molecule has 0 saturated heterocycles. The molecular weight excluding hydrogens is 226 g/mol. The van der Waals surface area contributed by atoms with E-state index in [-0.39, 0.29) is 39.0 Å². The molecule has 0 aromatic heterocycles. The Bertz CT molecular complexity index is 167. The average molecular weight is 251 g/mol. The fraction of sp³-hybridized carbons (Fsp3) is 1.00. The molecule has 0 bridgehead atoms. The predicted octanol–water partition coefficient (Wildman–Crippen LogP) is -3.28. The zero-order chi connectivity index (χ0) is 13.3. The maximum atomic E-state index is 9.46. The van der Waals surface area contributed by atoms with E-state index in [0.29, 0.717) is 0 Å². The Morgan fingerprint density at radius 1 is 0.706 bits per heavy atom. The lowest BCUT2D eigenvalue weighted by Gasteiger charge is -2.18. The number of nitrogens with two attached hydrogens (primary N) is 2. The molecular formula is C10H25N3O4. The van der Waals surface area contributed by atoms with Gasteiger partial charge in [0.05, 0.1) is 24.4 Å². The van der Waals surface area contributed by atoms with Gasteiger partial charge in [-0.25, -0.2) is 0 Å². The van der Waals surface area contributed by atoms with E-state index in [1.807, 2.05) is 0 Å². The van der Waals surface area contributed by atoms with Gasteiger partial charge in [-0.15, -0.1) is 0 Å². The van der Waals surface area contributed by atoms with Crippen molar-refractivity contribution >= 4 is 0 Å². The maximum Gasteiger partial charge on any atom is 0.0689 e. The van der Waals surface area contributed by atoms with Crippen molar-refractivity contribution in [1.82, 2.24) is 5.32 Å². The van der Waals surface area contributed by atoms with E-state index in [2.05, 4.69) is 5.32 Å². The van der Waals surface area contributed by atoms with Gasteiger partial charge in [0.1, 0.15) is 0 Å². The maximum absolute atomic E-state index is 9.46. The smallest absolute Gasteiger partial charge is 0.0689 e. The van der Waals surface area contributed by atoms with Crippen LogP contribution in [0.3, 0.4) is 0 Å². The molecule has 0 fully saturated rings. The third kappa shape index (κ3) is 9.42. The van der Waals surface area contributed by atoms with Crippen LogP contribution in [0.4, 0.5) is 0 Å². The van der Waals surface area contributed by atoms with Crippen LogP contribution in [0.1, 0.15) is 12.8 Å². The third-order valence-corrected chi connectivity index (χ3v) is 2.39. The Morgan fingerprint density at radius 2 is 1.06 bits per heavy atom. The van der Waals surface area contributed by atoms with E-state index in [4.69, 9.17) is 11.5 Å². The molecule has 0 radical (unpaired) electrons. The minimum Gasteiger partial charge on any atom is -0.392 e. The second-order valence-electron chi connectivity index (χ2n) is 4.22. The summed E-state index contributed by atoms with van der Waals surface area (Å²) in [7, 11) is 0. The Balaban J connectivity index is 3.55. The van der Waals surface area contributed by atoms with E-state index in [0.717, 1.165) is 0 Å². The summed E-state index contributed by atoms with van der Waals surface area (Å²) >= 11 is 0. The summed E-state index contributed by atoms with van der Waals surface area (Å²) in [6, 6.07) is 0. The first-order valence-electron chi connectivity index (χ1n) is 5.82. The molecule has 0 aliphatic rings. The van der Waals surface area contributed by atoms with Crippen LogP contribution in [-0.4, -0.2) is 71.0 Å². The van der Waals surface area contributed by atoms with Gasteiger partial charge in [-0.05, 0) is 0 Å². The fourth-order valence-corrected chi connectivity index (χ4v) is 1.40. The van der Waals surface area contributed by atoms with Crippen molar-refractivity contribution in [2.45, 2.75) is 37.3 Å². The first-order chi connectivity index (χ1) is 7.99. The van der Waals surface area contributed by atoms with E-state index in [1.165, 1.54) is 0 Å². The highest BCUT2D eigenvalue weighted by Crippen LogP contribution is 1.98. The fourth-order valence-electron chi connectivity index (χ4n) is 1.40. The second kappa shape index (κ2) is 9.72. The van der Waals surface area contributed by atoms with Crippen LogP contribution in [0.2, 0.25) is 0 Å². The van der Waals surface area contributed by atoms with Gasteiger partial charge >= 0.3 is 0 Å². The molecule has 7 nitrogen and oxygen atoms in total. The van der Waals surface area contributed by atoms with Gasteiger partial charge < -0.3 is 37.2 Å². The van der Waals surface area contributed by atoms with Crippen LogP contribution in [0.15, 0.2) is 0 Å². The van der Waals surface area contributed by atoms with Crippen molar-refractivity contribution in [3.63, 3.8) is 0 Å². The molecule has 9 N–H and O–H groups in total. The summed E-state index contributed by atoms with van der Waals surface area (Å²) in [5.41, 5.74) is 10.4. The monoisotopic (exact) mass is 251 g/mol. The summed E-state index contributed by atoms with van der Waals surface area (Å²) in [5, 5.41) is 40.1. The minimum absolute atomic E-state index is 0.113. The average Bonchev–Trinajstić information content (AvgIpc) is 2.28. The standard InChI is InChI=1S/C10H25N3O4/c11-3-7(14)1-9(16)5-13-6-10(17)2-8(15)4-12/h7-10,13-17H,1-6,11-12H2/t7-,8-,9-,10+/m0/s1. The molecule has 0 heterocycles. The number of rotatable bonds is 10. The van der Waals surface area contributed by atoms with Crippen LogP contribution >= 0.6 is 0 Å². The van der Waals surface area contributed by atoms with Gasteiger partial charge in [-0.2, -0.15) is 0 Å². The quantitative estimate of drug-likeness (QED) is 0.215. The first kappa shape index (κ1) is 16.7. The lowest BCUT2D eigenvalue weighted by molar-refractivity contribution is 0.0701. The topological polar surface area (TPSA) is 145 Å². The summed E-state index contributed by atoms with van der Waals surface area (Å²) in [6.07, 6.45) is -2.44. The zero-order valence-corrected chi connectivity index (χ0v) is 10.00. The highest BCUT2D eigenvalue weighted by atomic mass is 16.3. The third-order valence-electron chi connectivity index (χ3n) is 2.39. The van der Waals surface area contributed by atoms with E-state index in [1.54, 1.807) is 0 Å². The van der Waals surface area contributed by atoms with Crippen molar-refractivity contribution in [2.75, 3.05) is 26.2 Å². The number of nitrogens with one attached hydrogen (secondary N) is 1. The zero-order valence-electron chi connectivity index (χ0n) is 10.00. The number of aliphatic hydroxyl groups is 4. The molecule has 0 aromatic rings. The van der Waals surface area contributed by atoms with Crippen LogP contribution in [0.5, 0.6) is 0 Å². The number of aliphatic hydroxyl groups excluding tert-OH is 4. The van der Waals surface area contributed by atoms with Gasteiger partial charge in [0, 0.05) is 39.0 Å². The molecule has 0 aliphatic carbocycles. The Kier molecular flexibility index (Phi) is 9.56. The second-order valence-corrected chi connectivity index (χ2v) is 4.22. The lowest BCUT2D eigenvalue weighted by atomic mass is 10.1. The van der Waals surface area contributed by atoms with Crippen LogP contribution in [0, 0.1) is 0 Å². The Morgan fingerprint density at radius 3 is 1.35 bits per heavy atom. The SMILES string of the molecule is NC[C@@H](O)C[C@H](O)CNC[C@H](O)C[C@H](O)CN. The molecule has 0 rings (SSSR count). The molecule has 0 aromatic carbocycles. The van der Waals surface area contributed by atoms with Gasteiger partial charge in [0.15, 0.2) is 0 Å².